The number of aromatic carboxylic acids is 1. The molecule has 2 aromatic carbocycles. The fourth-order valence-corrected chi connectivity index (χ4v) is 10.1. The number of rotatable bonds is 16. The van der Waals surface area contributed by atoms with Gasteiger partial charge in [0.1, 0.15) is 22.7 Å². The van der Waals surface area contributed by atoms with E-state index in [4.69, 9.17) is 37.9 Å². The van der Waals surface area contributed by atoms with Gasteiger partial charge in [-0.2, -0.15) is 4.98 Å². The number of nitrogens with one attached hydrogen (secondary N) is 2. The summed E-state index contributed by atoms with van der Waals surface area (Å²) in [5, 5.41) is 24.5. The van der Waals surface area contributed by atoms with E-state index in [1.165, 1.54) is 23.9 Å². The SMILES string of the molecule is COc1nc(N2CCN(CCCCCCCCNC(=O)C[C@@H]3N=C(c4ccc(Cl)cc4)c4c(sc(C)c4C)-n4c(C)nnc43)CC2)ccc1-c1cc2c(C(=O)O)c[nH]c2cc1Cl. The number of aryl methyl sites for hydroxylation is 2. The maximum atomic E-state index is 13.4. The molecular weight excluding hydrogens is 846 g/mol. The highest BCUT2D eigenvalue weighted by molar-refractivity contribution is 7.15. The van der Waals surface area contributed by atoms with E-state index in [2.05, 4.69) is 48.7 Å². The van der Waals surface area contributed by atoms with Crippen LogP contribution in [0, 0.1) is 20.8 Å². The number of fused-ring (bicyclic) bond motifs is 4. The van der Waals surface area contributed by atoms with Gasteiger partial charge in [0.15, 0.2) is 5.82 Å². The summed E-state index contributed by atoms with van der Waals surface area (Å²) in [6.45, 7) is 11.5. The number of ether oxygens (including phenoxy) is 1. The first-order chi connectivity index (χ1) is 30.0. The number of anilines is 1. The summed E-state index contributed by atoms with van der Waals surface area (Å²) in [4.78, 5) is 44.1. The molecule has 2 aliphatic heterocycles. The molecule has 0 unspecified atom stereocenters. The van der Waals surface area contributed by atoms with Gasteiger partial charge in [-0.25, -0.2) is 4.79 Å². The van der Waals surface area contributed by atoms with Crippen molar-refractivity contribution >= 4 is 68.8 Å². The molecule has 8 rings (SSSR count). The second-order valence-electron chi connectivity index (χ2n) is 16.0. The third-order valence-electron chi connectivity index (χ3n) is 12.0. The zero-order valence-electron chi connectivity index (χ0n) is 35.4. The Morgan fingerprint density at radius 1 is 0.935 bits per heavy atom. The van der Waals surface area contributed by atoms with E-state index in [1.54, 1.807) is 30.6 Å². The molecule has 16 heteroatoms. The Morgan fingerprint density at radius 2 is 1.68 bits per heavy atom. The first-order valence-corrected chi connectivity index (χ1v) is 22.8. The van der Waals surface area contributed by atoms with Gasteiger partial charge in [0.25, 0.3) is 0 Å². The molecular formula is C46H51Cl2N9O4S. The Morgan fingerprint density at radius 3 is 2.42 bits per heavy atom. The van der Waals surface area contributed by atoms with Gasteiger partial charge in [0.05, 0.1) is 29.8 Å². The van der Waals surface area contributed by atoms with Gasteiger partial charge in [-0.3, -0.25) is 19.3 Å². The molecule has 1 fully saturated rings. The normalized spacial score (nSPS) is 15.3. The summed E-state index contributed by atoms with van der Waals surface area (Å²) in [7, 11) is 1.59. The third kappa shape index (κ3) is 9.10. The molecule has 6 heterocycles. The predicted octanol–water partition coefficient (Wildman–Crippen LogP) is 9.37. The highest BCUT2D eigenvalue weighted by Gasteiger charge is 2.32. The van der Waals surface area contributed by atoms with Gasteiger partial charge in [0.2, 0.25) is 11.8 Å². The van der Waals surface area contributed by atoms with Crippen LogP contribution in [0.2, 0.25) is 10.0 Å². The number of carbonyl (C=O) groups excluding carboxylic acids is 1. The van der Waals surface area contributed by atoms with Crippen LogP contribution in [0.25, 0.3) is 27.0 Å². The Bertz CT molecular complexity index is 2630. The maximum Gasteiger partial charge on any atom is 0.337 e. The number of pyridine rings is 1. The minimum atomic E-state index is -1.01. The van der Waals surface area contributed by atoms with E-state index in [1.807, 2.05) is 43.3 Å². The summed E-state index contributed by atoms with van der Waals surface area (Å²) in [6, 6.07) is 14.7. The number of unbranched alkanes of at least 4 members (excludes halogenated alkanes) is 5. The maximum absolute atomic E-state index is 13.4. The number of carboxylic acids is 1. The number of piperazine rings is 1. The molecule has 13 nitrogen and oxygen atoms in total. The Labute approximate surface area is 375 Å². The van der Waals surface area contributed by atoms with Gasteiger partial charge in [0, 0.05) is 82.0 Å². The lowest BCUT2D eigenvalue weighted by atomic mass is 9.99. The number of carboxylic acid groups (broad SMARTS) is 1. The molecule has 0 saturated carbocycles. The number of nitrogens with zero attached hydrogens (tertiary/aromatic N) is 7. The lowest BCUT2D eigenvalue weighted by molar-refractivity contribution is -0.121. The molecule has 324 valence electrons. The number of methoxy groups -OCH3 is 1. The van der Waals surface area contributed by atoms with Gasteiger partial charge in [-0.1, -0.05) is 61.0 Å². The van der Waals surface area contributed by atoms with Crippen molar-refractivity contribution < 1.29 is 19.4 Å². The van der Waals surface area contributed by atoms with Crippen molar-refractivity contribution in [2.24, 2.45) is 4.99 Å². The molecule has 6 aromatic rings. The molecule has 0 bridgehead atoms. The minimum Gasteiger partial charge on any atom is -0.480 e. The van der Waals surface area contributed by atoms with Crippen LogP contribution in [-0.2, 0) is 4.79 Å². The molecule has 1 amide bonds. The van der Waals surface area contributed by atoms with Gasteiger partial charge < -0.3 is 25.0 Å². The molecule has 0 aliphatic carbocycles. The van der Waals surface area contributed by atoms with E-state index in [0.717, 1.165) is 97.5 Å². The number of H-pyrrole nitrogens is 1. The number of aromatic nitrogens is 5. The smallest absolute Gasteiger partial charge is 0.337 e. The monoisotopic (exact) mass is 895 g/mol. The van der Waals surface area contributed by atoms with Gasteiger partial charge in [-0.15, -0.1) is 21.5 Å². The van der Waals surface area contributed by atoms with Crippen LogP contribution in [0.3, 0.4) is 0 Å². The van der Waals surface area contributed by atoms with E-state index >= 15 is 0 Å². The van der Waals surface area contributed by atoms with E-state index < -0.39 is 12.0 Å². The summed E-state index contributed by atoms with van der Waals surface area (Å²) < 4.78 is 7.79. The average molecular weight is 897 g/mol. The number of carbonyl (C=O) groups is 2. The van der Waals surface area contributed by atoms with Crippen LogP contribution in [0.4, 0.5) is 5.82 Å². The lowest BCUT2D eigenvalue weighted by Gasteiger charge is -2.35. The van der Waals surface area contributed by atoms with Crippen molar-refractivity contribution in [1.29, 1.82) is 0 Å². The zero-order valence-corrected chi connectivity index (χ0v) is 37.8. The third-order valence-corrected chi connectivity index (χ3v) is 13.7. The lowest BCUT2D eigenvalue weighted by Crippen LogP contribution is -2.46. The quantitative estimate of drug-likeness (QED) is 0.0807. The number of thiophene rings is 1. The number of aliphatic imine (C=N–C) groups is 1. The van der Waals surface area contributed by atoms with E-state index in [9.17, 15) is 14.7 Å². The van der Waals surface area contributed by atoms with Crippen LogP contribution >= 0.6 is 34.5 Å². The first-order valence-electron chi connectivity index (χ1n) is 21.2. The molecule has 1 saturated heterocycles. The summed E-state index contributed by atoms with van der Waals surface area (Å²) in [6.07, 6.45) is 8.31. The van der Waals surface area contributed by atoms with Crippen molar-refractivity contribution in [3.63, 3.8) is 0 Å². The Hall–Kier alpha value is -5.28. The Balaban J connectivity index is 0.760. The summed E-state index contributed by atoms with van der Waals surface area (Å²) in [5.41, 5.74) is 6.24. The highest BCUT2D eigenvalue weighted by atomic mass is 35.5. The molecule has 4 aromatic heterocycles. The van der Waals surface area contributed by atoms with Crippen molar-refractivity contribution in [2.75, 3.05) is 51.3 Å². The molecule has 1 atom stereocenters. The van der Waals surface area contributed by atoms with Gasteiger partial charge >= 0.3 is 5.97 Å². The van der Waals surface area contributed by atoms with Crippen molar-refractivity contribution in [3.05, 3.63) is 104 Å². The molecule has 0 radical (unpaired) electrons. The second-order valence-corrected chi connectivity index (χ2v) is 18.1. The van der Waals surface area contributed by atoms with Crippen molar-refractivity contribution in [2.45, 2.75) is 71.8 Å². The first kappa shape index (κ1) is 43.4. The second kappa shape index (κ2) is 19.0. The van der Waals surface area contributed by atoms with Crippen LogP contribution in [0.5, 0.6) is 5.88 Å². The molecule has 0 spiro atoms. The van der Waals surface area contributed by atoms with Gasteiger partial charge in [-0.05, 0) is 82.1 Å². The van der Waals surface area contributed by atoms with Crippen molar-refractivity contribution in [3.8, 4) is 22.0 Å². The molecule has 2 aliphatic rings. The molecule has 62 heavy (non-hydrogen) atoms. The summed E-state index contributed by atoms with van der Waals surface area (Å²) >= 11 is 14.6. The average Bonchev–Trinajstić information content (AvgIpc) is 3.92. The largest absolute Gasteiger partial charge is 0.480 e. The van der Waals surface area contributed by atoms with Crippen LogP contribution in [0.15, 0.2) is 59.7 Å². The minimum absolute atomic E-state index is 0.0419. The fraction of sp³-hybridized carbons (Fsp3) is 0.391. The number of halogens is 2. The molecule has 3 N–H and O–H groups in total. The number of benzene rings is 2. The standard InChI is InChI=1S/C46H51Cl2N9O4S/c1-27-28(2)62-45-41(27)42(30-11-13-31(47)14-12-30)51-38(43-54-53-29(3)57(43)45)25-40(58)49-17-9-7-5-6-8-10-18-55-19-21-56(22-20-55)39-16-15-32(44(52-39)61-4)33-23-34-35(46(59)60)26-50-37(34)24-36(33)48/h11-16,23-24,26,38,50H,5-10,17-22,25H2,1-4H3,(H,49,58)(H,59,60)/t38-/m0/s1. The number of aromatic amines is 1. The highest BCUT2D eigenvalue weighted by Crippen LogP contribution is 2.41. The topological polar surface area (TPSA) is 154 Å². The van der Waals surface area contributed by atoms with E-state index in [0.29, 0.717) is 50.3 Å². The number of hydrogen-bond acceptors (Lipinski definition) is 10. The zero-order chi connectivity index (χ0) is 43.5. The predicted molar refractivity (Wildman–Crippen MR) is 247 cm³/mol. The Kier molecular flexibility index (Phi) is 13.3. The van der Waals surface area contributed by atoms with Crippen LogP contribution < -0.4 is 15.0 Å². The van der Waals surface area contributed by atoms with Crippen LogP contribution in [0.1, 0.15) is 94.6 Å². The fourth-order valence-electron chi connectivity index (χ4n) is 8.47. The van der Waals surface area contributed by atoms with E-state index in [-0.39, 0.29) is 17.9 Å². The summed E-state index contributed by atoms with van der Waals surface area (Å²) in [5.74, 6) is 1.70. The number of hydrogen-bond donors (Lipinski definition) is 3. The van der Waals surface area contributed by atoms with Crippen molar-refractivity contribution in [1.82, 2.24) is 34.9 Å². The number of amides is 1. The van der Waals surface area contributed by atoms with Crippen LogP contribution in [-0.4, -0.2) is 98.7 Å².